The smallest absolute Gasteiger partial charge is 0.352 e. The van der Waals surface area contributed by atoms with Crippen LogP contribution in [0.2, 0.25) is 0 Å². The van der Waals surface area contributed by atoms with Crippen LogP contribution in [0.4, 0.5) is 5.13 Å². The van der Waals surface area contributed by atoms with Crippen LogP contribution in [0.3, 0.4) is 0 Å². The van der Waals surface area contributed by atoms with Crippen molar-refractivity contribution in [3.05, 3.63) is 37.8 Å². The minimum Gasteiger partial charge on any atom is -0.477 e. The largest absolute Gasteiger partial charge is 0.477 e. The van der Waals surface area contributed by atoms with Gasteiger partial charge < -0.3 is 21.0 Å². The second kappa shape index (κ2) is 11.4. The molecular formula is C21H23N9O7S3. The number of rotatable bonds is 9. The number of hydrogen-bond acceptors (Lipinski definition) is 14. The number of β-lactam (4-membered cyclic amide) rings is 1. The summed E-state index contributed by atoms with van der Waals surface area (Å²) in [7, 11) is 1.38. The van der Waals surface area contributed by atoms with Gasteiger partial charge in [-0.15, -0.1) is 16.9 Å². The second-order valence-electron chi connectivity index (χ2n) is 9.01. The van der Waals surface area contributed by atoms with Crippen LogP contribution in [0.25, 0.3) is 0 Å². The van der Waals surface area contributed by atoms with Crippen LogP contribution in [0.15, 0.2) is 31.2 Å². The Bertz CT molecular complexity index is 1540. The first kappa shape index (κ1) is 27.8. The molecule has 2 aromatic heterocycles. The van der Waals surface area contributed by atoms with Crippen LogP contribution in [0.1, 0.15) is 31.5 Å². The van der Waals surface area contributed by atoms with E-state index in [1.165, 1.54) is 18.8 Å². The zero-order valence-electron chi connectivity index (χ0n) is 20.9. The van der Waals surface area contributed by atoms with E-state index in [1.54, 1.807) is 0 Å². The van der Waals surface area contributed by atoms with Crippen LogP contribution in [-0.2, 0) is 26.3 Å². The third kappa shape index (κ3) is 5.35. The summed E-state index contributed by atoms with van der Waals surface area (Å²) in [6, 6.07) is -1.02. The number of aliphatic carboxylic acids is 1. The topological polar surface area (TPSA) is 228 Å². The van der Waals surface area contributed by atoms with E-state index in [9.17, 15) is 29.1 Å². The Labute approximate surface area is 237 Å². The summed E-state index contributed by atoms with van der Waals surface area (Å²) in [6.45, 7) is 0. The summed E-state index contributed by atoms with van der Waals surface area (Å²) < 4.78 is 5.10. The first-order chi connectivity index (χ1) is 19.2. The number of nitrogens with zero attached hydrogens (tertiary/aromatic N) is 6. The molecule has 4 heterocycles. The van der Waals surface area contributed by atoms with Crippen LogP contribution >= 0.6 is 35.1 Å². The number of carboxylic acids is 1. The Hall–Kier alpha value is -3.71. The van der Waals surface area contributed by atoms with Gasteiger partial charge in [-0.1, -0.05) is 16.9 Å². The number of nitrogens with two attached hydrogens (primary N) is 1. The lowest BCUT2D eigenvalue weighted by molar-refractivity contribution is -0.150. The summed E-state index contributed by atoms with van der Waals surface area (Å²) >= 11 is 3.20. The van der Waals surface area contributed by atoms with Gasteiger partial charge in [0.2, 0.25) is 11.5 Å². The molecule has 2 aromatic rings. The molecule has 40 heavy (non-hydrogen) atoms. The molecule has 2 aliphatic heterocycles. The summed E-state index contributed by atoms with van der Waals surface area (Å²) in [6.07, 6.45) is 3.46. The highest BCUT2D eigenvalue weighted by Gasteiger charge is 2.54. The maximum absolute atomic E-state index is 13.2. The number of nitrogens with one attached hydrogen (secondary N) is 2. The lowest BCUT2D eigenvalue weighted by atomic mass is 10.0. The first-order valence-electron chi connectivity index (χ1n) is 12.0. The fourth-order valence-corrected chi connectivity index (χ4v) is 7.22. The molecule has 5 N–H and O–H groups in total. The van der Waals surface area contributed by atoms with Gasteiger partial charge in [0.15, 0.2) is 10.3 Å². The van der Waals surface area contributed by atoms with E-state index < -0.39 is 40.3 Å². The average molecular weight is 610 g/mol. The van der Waals surface area contributed by atoms with Crippen molar-refractivity contribution in [1.82, 2.24) is 34.3 Å². The lowest BCUT2D eigenvalue weighted by Gasteiger charge is -2.49. The van der Waals surface area contributed by atoms with Crippen molar-refractivity contribution in [3.63, 3.8) is 0 Å². The molecule has 1 saturated heterocycles. The van der Waals surface area contributed by atoms with Crippen molar-refractivity contribution in [1.29, 1.82) is 0 Å². The monoisotopic (exact) mass is 609 g/mol. The maximum atomic E-state index is 13.2. The SMILES string of the molecule is Cn1c(SCC2=C(C(=O)O)N3C(=O)C(NC(=O)/C(=N/OC4CCCC4)c4nsc(N)n4)C3SC2)n[nH]c(=O)c1=O. The van der Waals surface area contributed by atoms with Gasteiger partial charge in [-0.2, -0.15) is 9.36 Å². The van der Waals surface area contributed by atoms with Gasteiger partial charge in [0.1, 0.15) is 23.2 Å². The van der Waals surface area contributed by atoms with E-state index in [1.807, 2.05) is 0 Å². The normalized spacial score (nSPS) is 21.3. The van der Waals surface area contributed by atoms with Crippen LogP contribution < -0.4 is 22.2 Å². The van der Waals surface area contributed by atoms with Crippen LogP contribution in [0, 0.1) is 0 Å². The van der Waals surface area contributed by atoms with Crippen molar-refractivity contribution in [2.45, 2.75) is 48.4 Å². The van der Waals surface area contributed by atoms with Crippen molar-refractivity contribution in [3.8, 4) is 0 Å². The van der Waals surface area contributed by atoms with E-state index >= 15 is 0 Å². The average Bonchev–Trinajstić information content (AvgIpc) is 3.61. The standard InChI is InChI=1S/C21H23N9O7S3/c1-29-17(34)15(32)25-26-21(29)39-7-8-6-38-18-11(16(33)30(18)12(8)19(35)36)23-14(31)10(13-24-20(22)40-28-13)27-37-9-4-2-3-5-9/h9,11,18H,2-7H2,1H3,(H,23,31)(H,25,32)(H,35,36)(H2,22,24,28)/b27-10+. The van der Waals surface area contributed by atoms with Gasteiger partial charge in [-0.25, -0.2) is 9.89 Å². The Morgan fingerprint density at radius 2 is 2.05 bits per heavy atom. The first-order valence-corrected chi connectivity index (χ1v) is 14.8. The number of carbonyl (C=O) groups excluding carboxylic acids is 2. The Balaban J connectivity index is 1.31. The predicted molar refractivity (Wildman–Crippen MR) is 145 cm³/mol. The van der Waals surface area contributed by atoms with E-state index in [4.69, 9.17) is 10.6 Å². The molecule has 2 unspecified atom stereocenters. The molecule has 2 amide bonds. The van der Waals surface area contributed by atoms with E-state index in [0.717, 1.165) is 58.4 Å². The highest BCUT2D eigenvalue weighted by Crippen LogP contribution is 2.41. The highest BCUT2D eigenvalue weighted by atomic mass is 32.2. The summed E-state index contributed by atoms with van der Waals surface area (Å²) in [5, 5.41) is 22.1. The number of amides is 2. The van der Waals surface area contributed by atoms with Gasteiger partial charge in [-0.05, 0) is 31.3 Å². The van der Waals surface area contributed by atoms with Gasteiger partial charge in [0.05, 0.1) is 0 Å². The quantitative estimate of drug-likeness (QED) is 0.0889. The summed E-state index contributed by atoms with van der Waals surface area (Å²) in [4.78, 5) is 72.5. The number of aromatic nitrogens is 5. The van der Waals surface area contributed by atoms with Gasteiger partial charge >= 0.3 is 17.1 Å². The molecule has 5 rings (SSSR count). The molecule has 16 nitrogen and oxygen atoms in total. The summed E-state index contributed by atoms with van der Waals surface area (Å²) in [5.74, 6) is -2.36. The number of anilines is 1. The van der Waals surface area contributed by atoms with Crippen molar-refractivity contribution in [2.24, 2.45) is 12.2 Å². The molecule has 1 saturated carbocycles. The van der Waals surface area contributed by atoms with E-state index in [2.05, 4.69) is 30.0 Å². The van der Waals surface area contributed by atoms with Gasteiger partial charge in [0.25, 0.3) is 11.8 Å². The Kier molecular flexibility index (Phi) is 7.95. The molecule has 1 aliphatic carbocycles. The minimum absolute atomic E-state index is 0.0337. The number of fused-ring (bicyclic) bond motifs is 1. The zero-order valence-corrected chi connectivity index (χ0v) is 23.3. The third-order valence-corrected chi connectivity index (χ3v) is 9.41. The zero-order chi connectivity index (χ0) is 28.6. The summed E-state index contributed by atoms with van der Waals surface area (Å²) in [5.41, 5.74) is 4.00. The molecule has 2 fully saturated rings. The number of carbonyl (C=O) groups is 3. The van der Waals surface area contributed by atoms with Crippen molar-refractivity contribution >= 4 is 63.7 Å². The number of H-pyrrole nitrogens is 1. The molecule has 0 aromatic carbocycles. The molecule has 212 valence electrons. The third-order valence-electron chi connectivity index (χ3n) is 6.41. The van der Waals surface area contributed by atoms with Crippen molar-refractivity contribution in [2.75, 3.05) is 17.2 Å². The molecule has 3 aliphatic rings. The lowest BCUT2D eigenvalue weighted by Crippen LogP contribution is -2.71. The fraction of sp³-hybridized carbons (Fsp3) is 0.476. The van der Waals surface area contributed by atoms with E-state index in [-0.39, 0.29) is 45.1 Å². The maximum Gasteiger partial charge on any atom is 0.352 e. The molecule has 19 heteroatoms. The van der Waals surface area contributed by atoms with Crippen LogP contribution in [-0.4, -0.2) is 86.6 Å². The molecule has 0 spiro atoms. The Morgan fingerprint density at radius 3 is 2.73 bits per heavy atom. The fourth-order valence-electron chi connectivity index (χ4n) is 4.38. The molecule has 2 atom stereocenters. The Morgan fingerprint density at radius 1 is 1.30 bits per heavy atom. The van der Waals surface area contributed by atoms with Gasteiger partial charge in [0, 0.05) is 30.1 Å². The highest BCUT2D eigenvalue weighted by molar-refractivity contribution is 8.01. The second-order valence-corrected chi connectivity index (χ2v) is 11.8. The van der Waals surface area contributed by atoms with Crippen molar-refractivity contribution < 1.29 is 24.3 Å². The number of aromatic amines is 1. The molecule has 0 radical (unpaired) electrons. The number of hydrogen-bond donors (Lipinski definition) is 4. The number of carboxylic acid groups (broad SMARTS) is 1. The van der Waals surface area contributed by atoms with Crippen LogP contribution in [0.5, 0.6) is 0 Å². The molecular weight excluding hydrogens is 586 g/mol. The number of thioether (sulfide) groups is 2. The van der Waals surface area contributed by atoms with Gasteiger partial charge in [-0.3, -0.25) is 28.6 Å². The number of oxime groups is 1. The number of nitrogen functional groups attached to an aromatic ring is 1. The molecule has 0 bridgehead atoms. The predicted octanol–water partition coefficient (Wildman–Crippen LogP) is -0.903. The van der Waals surface area contributed by atoms with E-state index in [0.29, 0.717) is 5.57 Å². The minimum atomic E-state index is -1.31.